The van der Waals surface area contributed by atoms with Gasteiger partial charge in [0.15, 0.2) is 0 Å². The highest BCUT2D eigenvalue weighted by Gasteiger charge is 2.41. The van der Waals surface area contributed by atoms with Gasteiger partial charge >= 0.3 is 0 Å². The van der Waals surface area contributed by atoms with Gasteiger partial charge in [0.2, 0.25) is 0 Å². The van der Waals surface area contributed by atoms with Crippen LogP contribution in [0.5, 0.6) is 0 Å². The predicted molar refractivity (Wildman–Crippen MR) is 195 cm³/mol. The van der Waals surface area contributed by atoms with Crippen molar-refractivity contribution < 1.29 is 19.2 Å². The second-order valence-corrected chi connectivity index (χ2v) is 14.3. The number of nitrogens with zero attached hydrogens (tertiary/aromatic N) is 2. The van der Waals surface area contributed by atoms with E-state index in [2.05, 4.69) is 13.8 Å². The fourth-order valence-corrected chi connectivity index (χ4v) is 8.97. The maximum atomic E-state index is 14.2. The van der Waals surface area contributed by atoms with Gasteiger partial charge in [0, 0.05) is 65.6 Å². The molecule has 6 nitrogen and oxygen atoms in total. The Balaban J connectivity index is 1.47. The highest BCUT2D eigenvalue weighted by molar-refractivity contribution is 6.50. The molecule has 0 spiro atoms. The molecule has 5 aromatic carbocycles. The maximum Gasteiger partial charge on any atom is 0.261 e. The van der Waals surface area contributed by atoms with Crippen molar-refractivity contribution in [2.45, 2.75) is 104 Å². The molecular formula is C40H40Cl2N2O4. The van der Waals surface area contributed by atoms with Crippen molar-refractivity contribution in [3.63, 3.8) is 0 Å². The van der Waals surface area contributed by atoms with Crippen LogP contribution < -0.4 is 0 Å². The van der Waals surface area contributed by atoms with Crippen LogP contribution in [-0.4, -0.2) is 45.5 Å². The molecule has 0 bridgehead atoms. The van der Waals surface area contributed by atoms with E-state index >= 15 is 0 Å². The minimum atomic E-state index is -0.329. The summed E-state index contributed by atoms with van der Waals surface area (Å²) in [7, 11) is 0. The molecule has 2 heterocycles. The molecule has 0 aromatic heterocycles. The van der Waals surface area contributed by atoms with Crippen LogP contribution in [0, 0.1) is 0 Å². The Bertz CT molecular complexity index is 2020. The predicted octanol–water partition coefficient (Wildman–Crippen LogP) is 11.0. The molecule has 2 atom stereocenters. The van der Waals surface area contributed by atoms with Gasteiger partial charge in [-0.15, -0.1) is 0 Å². The SMILES string of the molecule is CCCCCC(CC)N1C(=O)c2ccc3c4c(Cl)cc5c6c(ccc(c7c(Cl)cc(c2c37)C1=O)c64)C(=O)N(C(CC)CCCCC)C5=O. The summed E-state index contributed by atoms with van der Waals surface area (Å²) < 4.78 is 0. The largest absolute Gasteiger partial charge is 0.271 e. The van der Waals surface area contributed by atoms with E-state index in [9.17, 15) is 19.2 Å². The van der Waals surface area contributed by atoms with E-state index in [4.69, 9.17) is 23.2 Å². The lowest BCUT2D eigenvalue weighted by molar-refractivity contribution is 0.0508. The van der Waals surface area contributed by atoms with Crippen LogP contribution in [0.1, 0.15) is 133 Å². The molecule has 4 amide bonds. The summed E-state index contributed by atoms with van der Waals surface area (Å²) in [6, 6.07) is 10.3. The van der Waals surface area contributed by atoms with Gasteiger partial charge < -0.3 is 0 Å². The normalized spacial score (nSPS) is 16.0. The third-order valence-electron chi connectivity index (χ3n) is 10.8. The average molecular weight is 684 g/mol. The number of amides is 4. The van der Waals surface area contributed by atoms with Crippen LogP contribution >= 0.6 is 23.2 Å². The molecular weight excluding hydrogens is 643 g/mol. The smallest absolute Gasteiger partial charge is 0.261 e. The van der Waals surface area contributed by atoms with Gasteiger partial charge in [-0.3, -0.25) is 29.0 Å². The quantitative estimate of drug-likeness (QED) is 0.0568. The minimum Gasteiger partial charge on any atom is -0.271 e. The third kappa shape index (κ3) is 4.66. The maximum absolute atomic E-state index is 14.2. The summed E-state index contributed by atoms with van der Waals surface area (Å²) in [4.78, 5) is 59.5. The number of halogens is 2. The Morgan fingerprint density at radius 2 is 0.875 bits per heavy atom. The number of carbonyl (C=O) groups excluding carboxylic acids is 4. The molecule has 0 radical (unpaired) electrons. The Hall–Kier alpha value is -3.74. The second-order valence-electron chi connectivity index (χ2n) is 13.5. The van der Waals surface area contributed by atoms with Gasteiger partial charge in [-0.2, -0.15) is 0 Å². The number of carbonyl (C=O) groups is 4. The van der Waals surface area contributed by atoms with Gasteiger partial charge in [-0.05, 0) is 60.7 Å². The fraction of sp³-hybridized carbons (Fsp3) is 0.400. The number of benzene rings is 5. The van der Waals surface area contributed by atoms with Crippen molar-refractivity contribution in [3.8, 4) is 0 Å². The Labute approximate surface area is 290 Å². The highest BCUT2D eigenvalue weighted by Crippen LogP contribution is 2.50. The third-order valence-corrected chi connectivity index (χ3v) is 11.4. The van der Waals surface area contributed by atoms with Crippen LogP contribution in [0.2, 0.25) is 10.0 Å². The van der Waals surface area contributed by atoms with E-state index in [1.54, 1.807) is 24.3 Å². The van der Waals surface area contributed by atoms with Crippen molar-refractivity contribution in [2.75, 3.05) is 0 Å². The molecule has 8 heteroatoms. The standard InChI is InChI=1S/C40H40Cl2N2O4/c1-5-9-11-13-21(7-3)43-37(45)25-17-15-23-34-30(42)20-28-32-26(38(46)44(40(28)48)22(8-4)14-12-10-6-2)18-16-24(36(32)34)33-29(41)19-27(39(43)47)31(25)35(23)33/h15-22H,5-14H2,1-4H3. The molecule has 7 rings (SSSR count). The fourth-order valence-electron chi connectivity index (χ4n) is 8.36. The zero-order valence-corrected chi connectivity index (χ0v) is 29.5. The van der Waals surface area contributed by atoms with Crippen molar-refractivity contribution in [3.05, 3.63) is 68.7 Å². The molecule has 0 saturated heterocycles. The first-order chi connectivity index (χ1) is 23.2. The molecule has 0 aliphatic carbocycles. The Morgan fingerprint density at radius 3 is 1.23 bits per heavy atom. The number of rotatable bonds is 12. The molecule has 2 unspecified atom stereocenters. The lowest BCUT2D eigenvalue weighted by atomic mass is 9.81. The lowest BCUT2D eigenvalue weighted by Gasteiger charge is -2.35. The van der Waals surface area contributed by atoms with Gasteiger partial charge in [0.05, 0.1) is 11.1 Å². The molecule has 2 aliphatic heterocycles. The van der Waals surface area contributed by atoms with Gasteiger partial charge in [-0.25, -0.2) is 0 Å². The summed E-state index contributed by atoms with van der Waals surface area (Å²) in [6.07, 6.45) is 8.94. The van der Waals surface area contributed by atoms with Crippen molar-refractivity contribution >= 4 is 89.9 Å². The number of hydrogen-bond donors (Lipinski definition) is 0. The van der Waals surface area contributed by atoms with Gasteiger partial charge in [0.1, 0.15) is 0 Å². The van der Waals surface area contributed by atoms with Gasteiger partial charge in [0.25, 0.3) is 23.6 Å². The number of fused-ring (bicyclic) bond motifs is 2. The minimum absolute atomic E-state index is 0.203. The highest BCUT2D eigenvalue weighted by atomic mass is 35.5. The summed E-state index contributed by atoms with van der Waals surface area (Å²) in [5.41, 5.74) is 1.75. The Kier molecular flexibility index (Phi) is 8.62. The van der Waals surface area contributed by atoms with Crippen molar-refractivity contribution in [2.24, 2.45) is 0 Å². The van der Waals surface area contributed by atoms with E-state index in [0.717, 1.165) is 62.1 Å². The van der Waals surface area contributed by atoms with Crippen molar-refractivity contribution in [1.82, 2.24) is 9.80 Å². The zero-order chi connectivity index (χ0) is 34.0. The average Bonchev–Trinajstić information content (AvgIpc) is 3.08. The first kappa shape index (κ1) is 32.8. The van der Waals surface area contributed by atoms with E-state index in [1.165, 1.54) is 9.80 Å². The van der Waals surface area contributed by atoms with Gasteiger partial charge in [-0.1, -0.05) is 102 Å². The molecule has 0 N–H and O–H groups in total. The van der Waals surface area contributed by atoms with Crippen LogP contribution in [0.25, 0.3) is 43.1 Å². The topological polar surface area (TPSA) is 74.8 Å². The molecule has 0 fully saturated rings. The van der Waals surface area contributed by atoms with Crippen LogP contribution in [0.4, 0.5) is 0 Å². The van der Waals surface area contributed by atoms with Crippen LogP contribution in [0.3, 0.4) is 0 Å². The molecule has 2 aliphatic rings. The molecule has 48 heavy (non-hydrogen) atoms. The monoisotopic (exact) mass is 682 g/mol. The number of imide groups is 2. The van der Waals surface area contributed by atoms with Crippen molar-refractivity contribution in [1.29, 1.82) is 0 Å². The summed E-state index contributed by atoms with van der Waals surface area (Å²) in [5, 5.41) is 6.11. The molecule has 5 aromatic rings. The summed E-state index contributed by atoms with van der Waals surface area (Å²) in [6.45, 7) is 8.30. The number of hydrogen-bond acceptors (Lipinski definition) is 4. The van der Waals surface area contributed by atoms with Crippen LogP contribution in [0.15, 0.2) is 36.4 Å². The zero-order valence-electron chi connectivity index (χ0n) is 28.0. The summed E-state index contributed by atoms with van der Waals surface area (Å²) in [5.74, 6) is -1.24. The first-order valence-corrected chi connectivity index (χ1v) is 18.3. The molecule has 248 valence electrons. The first-order valence-electron chi connectivity index (χ1n) is 17.5. The number of unbranched alkanes of at least 4 members (excludes halogenated alkanes) is 4. The van der Waals surface area contributed by atoms with Crippen LogP contribution in [-0.2, 0) is 0 Å². The van der Waals surface area contributed by atoms with E-state index in [0.29, 0.717) is 77.5 Å². The second kappa shape index (κ2) is 12.6. The Morgan fingerprint density at radius 1 is 0.500 bits per heavy atom. The lowest BCUT2D eigenvalue weighted by Crippen LogP contribution is -2.47. The van der Waals surface area contributed by atoms with E-state index < -0.39 is 0 Å². The van der Waals surface area contributed by atoms with E-state index in [1.807, 2.05) is 26.0 Å². The summed E-state index contributed by atoms with van der Waals surface area (Å²) >= 11 is 14.2. The molecule has 0 saturated carbocycles. The van der Waals surface area contributed by atoms with E-state index in [-0.39, 0.29) is 35.7 Å².